The average molecular weight is 476 g/mol. The van der Waals surface area contributed by atoms with Gasteiger partial charge < -0.3 is 28.2 Å². The Balaban J connectivity index is 0.000000343. The Morgan fingerprint density at radius 1 is 0.968 bits per heavy atom. The highest BCUT2D eigenvalue weighted by atomic mass is 32.2. The molecule has 0 aliphatic carbocycles. The van der Waals surface area contributed by atoms with Crippen LogP contribution in [0.1, 0.15) is 26.7 Å². The third-order valence-corrected chi connectivity index (χ3v) is 4.67. The third-order valence-electron chi connectivity index (χ3n) is 3.69. The van der Waals surface area contributed by atoms with Gasteiger partial charge in [0.1, 0.15) is 19.0 Å². The van der Waals surface area contributed by atoms with Crippen molar-refractivity contribution >= 4 is 22.1 Å². The Morgan fingerprint density at radius 2 is 1.45 bits per heavy atom. The lowest BCUT2D eigenvalue weighted by atomic mass is 10.1. The topological polar surface area (TPSA) is 135 Å². The van der Waals surface area contributed by atoms with Gasteiger partial charge in [-0.15, -0.1) is 0 Å². The molecule has 0 aromatic carbocycles. The van der Waals surface area contributed by atoms with Gasteiger partial charge in [-0.05, 0) is 13.8 Å². The highest BCUT2D eigenvalue weighted by Gasteiger charge is 2.49. The van der Waals surface area contributed by atoms with Crippen LogP contribution in [0.5, 0.6) is 0 Å². The van der Waals surface area contributed by atoms with Crippen molar-refractivity contribution in [1.29, 1.82) is 0 Å². The molecule has 2 rings (SSSR count). The highest BCUT2D eigenvalue weighted by molar-refractivity contribution is 7.87. The van der Waals surface area contributed by atoms with E-state index in [0.29, 0.717) is 25.2 Å². The summed E-state index contributed by atoms with van der Waals surface area (Å²) in [5.74, 6) is -2.04. The number of carbonyl (C=O) groups is 2. The molecule has 0 spiro atoms. The largest absolute Gasteiger partial charge is 0.534 e. The second kappa shape index (κ2) is 11.9. The van der Waals surface area contributed by atoms with Crippen LogP contribution in [0.3, 0.4) is 0 Å². The fourth-order valence-electron chi connectivity index (χ4n) is 2.27. The molecule has 0 atom stereocenters. The molecule has 0 fully saturated rings. The van der Waals surface area contributed by atoms with Crippen molar-refractivity contribution in [2.75, 3.05) is 39.6 Å². The molecule has 0 aromatic heterocycles. The fraction of sp³-hybridized carbons (Fsp3) is 0.647. The molecule has 0 bridgehead atoms. The quantitative estimate of drug-likeness (QED) is 0.344. The summed E-state index contributed by atoms with van der Waals surface area (Å²) < 4.78 is 81.2. The van der Waals surface area contributed by atoms with E-state index in [1.807, 2.05) is 0 Å². The molecule has 10 nitrogen and oxygen atoms in total. The average Bonchev–Trinajstić information content (AvgIpc) is 2.68. The molecular weight excluding hydrogens is 453 g/mol. The first-order valence-electron chi connectivity index (χ1n) is 9.08. The number of aliphatic hydroxyl groups excluding tert-OH is 1. The first-order valence-corrected chi connectivity index (χ1v) is 10.5. The standard InChI is InChI=1S/C9H11F3O6S.C8H12O4/c1-2-17-8(13)6-3-4-16-5-7(6)18-19(14,15)9(10,11)12;1-2-12-8(10)6-3-4-11-5-7(6)9/h2-5H2,1H3;9H,2-5H2,1H3. The molecule has 0 unspecified atom stereocenters. The van der Waals surface area contributed by atoms with E-state index in [4.69, 9.17) is 14.2 Å². The van der Waals surface area contributed by atoms with E-state index in [1.54, 1.807) is 6.92 Å². The minimum absolute atomic E-state index is 0.000278. The van der Waals surface area contributed by atoms with Crippen molar-refractivity contribution in [2.24, 2.45) is 0 Å². The van der Waals surface area contributed by atoms with Gasteiger partial charge in [0.05, 0.1) is 37.6 Å². The van der Waals surface area contributed by atoms with E-state index in [-0.39, 0.29) is 37.6 Å². The summed E-state index contributed by atoms with van der Waals surface area (Å²) in [4.78, 5) is 22.6. The zero-order valence-electron chi connectivity index (χ0n) is 16.8. The smallest absolute Gasteiger partial charge is 0.509 e. The van der Waals surface area contributed by atoms with Crippen LogP contribution >= 0.6 is 0 Å². The van der Waals surface area contributed by atoms with Gasteiger partial charge in [0.2, 0.25) is 0 Å². The number of aliphatic hydroxyl groups is 1. The molecule has 14 heteroatoms. The van der Waals surface area contributed by atoms with E-state index in [0.717, 1.165) is 0 Å². The molecule has 2 aliphatic heterocycles. The normalized spacial score (nSPS) is 17.5. The van der Waals surface area contributed by atoms with Crippen LogP contribution in [0.15, 0.2) is 22.7 Å². The maximum Gasteiger partial charge on any atom is 0.534 e. The Morgan fingerprint density at radius 3 is 1.94 bits per heavy atom. The van der Waals surface area contributed by atoms with Gasteiger partial charge in [0.25, 0.3) is 0 Å². The zero-order valence-corrected chi connectivity index (χ0v) is 17.6. The summed E-state index contributed by atoms with van der Waals surface area (Å²) in [5.41, 5.74) is -5.49. The van der Waals surface area contributed by atoms with Gasteiger partial charge in [-0.25, -0.2) is 9.59 Å². The summed E-state index contributed by atoms with van der Waals surface area (Å²) >= 11 is 0. The number of rotatable bonds is 6. The van der Waals surface area contributed by atoms with Crippen LogP contribution in [0.2, 0.25) is 0 Å². The van der Waals surface area contributed by atoms with E-state index >= 15 is 0 Å². The van der Waals surface area contributed by atoms with E-state index in [2.05, 4.69) is 8.92 Å². The molecule has 0 saturated heterocycles. The summed E-state index contributed by atoms with van der Waals surface area (Å²) in [6, 6.07) is 0. The summed E-state index contributed by atoms with van der Waals surface area (Å²) in [6.07, 6.45) is 0.353. The van der Waals surface area contributed by atoms with Gasteiger partial charge in [-0.1, -0.05) is 0 Å². The van der Waals surface area contributed by atoms with Crippen LogP contribution in [0.25, 0.3) is 0 Å². The van der Waals surface area contributed by atoms with Gasteiger partial charge in [-0.2, -0.15) is 21.6 Å². The summed E-state index contributed by atoms with van der Waals surface area (Å²) in [6.45, 7) is 3.68. The van der Waals surface area contributed by atoms with Crippen molar-refractivity contribution in [3.63, 3.8) is 0 Å². The lowest BCUT2D eigenvalue weighted by molar-refractivity contribution is -0.140. The summed E-state index contributed by atoms with van der Waals surface area (Å²) in [7, 11) is -5.82. The van der Waals surface area contributed by atoms with Crippen molar-refractivity contribution in [3.8, 4) is 0 Å². The Kier molecular flexibility index (Phi) is 10.3. The van der Waals surface area contributed by atoms with Crippen LogP contribution < -0.4 is 0 Å². The maximum atomic E-state index is 12.2. The first kappa shape index (κ1) is 26.7. The Bertz CT molecular complexity index is 815. The van der Waals surface area contributed by atoms with Crippen molar-refractivity contribution in [1.82, 2.24) is 0 Å². The molecule has 1 N–H and O–H groups in total. The third kappa shape index (κ3) is 8.03. The minimum Gasteiger partial charge on any atom is -0.509 e. The second-order valence-corrected chi connectivity index (χ2v) is 7.39. The van der Waals surface area contributed by atoms with Gasteiger partial charge in [0, 0.05) is 12.8 Å². The van der Waals surface area contributed by atoms with E-state index in [1.165, 1.54) is 6.92 Å². The molecule has 178 valence electrons. The van der Waals surface area contributed by atoms with Crippen LogP contribution in [-0.4, -0.2) is 70.6 Å². The predicted octanol–water partition coefficient (Wildman–Crippen LogP) is 1.87. The molecule has 0 aromatic rings. The second-order valence-electron chi connectivity index (χ2n) is 5.86. The Labute approximate surface area is 176 Å². The monoisotopic (exact) mass is 476 g/mol. The van der Waals surface area contributed by atoms with Gasteiger partial charge in [-0.3, -0.25) is 0 Å². The molecule has 0 saturated carbocycles. The van der Waals surface area contributed by atoms with E-state index < -0.39 is 39.9 Å². The highest BCUT2D eigenvalue weighted by Crippen LogP contribution is 2.29. The van der Waals surface area contributed by atoms with Crippen LogP contribution in [0.4, 0.5) is 13.2 Å². The molecule has 31 heavy (non-hydrogen) atoms. The molecule has 0 amide bonds. The maximum absolute atomic E-state index is 12.2. The first-order chi connectivity index (χ1) is 14.4. The lowest BCUT2D eigenvalue weighted by Gasteiger charge is -2.20. The van der Waals surface area contributed by atoms with Gasteiger partial charge in [0.15, 0.2) is 5.76 Å². The SMILES string of the molecule is CCOC(=O)C1=C(O)COCC1.CCOC(=O)C1=C(OS(=O)(=O)C(F)(F)F)COCC1. The number of hydrogen-bond acceptors (Lipinski definition) is 10. The van der Waals surface area contributed by atoms with Crippen molar-refractivity contribution in [2.45, 2.75) is 32.2 Å². The lowest BCUT2D eigenvalue weighted by Crippen LogP contribution is -2.29. The predicted molar refractivity (Wildman–Crippen MR) is 96.9 cm³/mol. The Hall–Kier alpha value is -2.32. The molecule has 0 radical (unpaired) electrons. The number of alkyl halides is 3. The molecule has 2 heterocycles. The minimum atomic E-state index is -5.82. The summed E-state index contributed by atoms with van der Waals surface area (Å²) in [5, 5.41) is 9.22. The zero-order chi connectivity index (χ0) is 23.7. The van der Waals surface area contributed by atoms with Gasteiger partial charge >= 0.3 is 27.6 Å². The number of carbonyl (C=O) groups excluding carboxylic acids is 2. The fourth-order valence-corrected chi connectivity index (χ4v) is 2.77. The van der Waals surface area contributed by atoms with Crippen LogP contribution in [0, 0.1) is 0 Å². The number of ether oxygens (including phenoxy) is 4. The molecular formula is C17H23F3O10S. The molecule has 2 aliphatic rings. The van der Waals surface area contributed by atoms with Crippen molar-refractivity contribution < 1.29 is 59.4 Å². The van der Waals surface area contributed by atoms with E-state index in [9.17, 15) is 36.3 Å². The number of esters is 2. The number of hydrogen-bond donors (Lipinski definition) is 1. The van der Waals surface area contributed by atoms with Crippen LogP contribution in [-0.2, 0) is 42.8 Å². The number of halogens is 3. The van der Waals surface area contributed by atoms with Crippen molar-refractivity contribution in [3.05, 3.63) is 22.7 Å².